The number of rotatable bonds is 8. The zero-order valence-corrected chi connectivity index (χ0v) is 21.5. The van der Waals surface area contributed by atoms with E-state index in [1.165, 1.54) is 13.2 Å². The molecule has 3 aromatic rings. The van der Waals surface area contributed by atoms with Crippen LogP contribution in [0, 0.1) is 0 Å². The number of carboxylic acids is 1. The van der Waals surface area contributed by atoms with Crippen molar-refractivity contribution in [2.24, 2.45) is 0 Å². The minimum atomic E-state index is -1.23. The van der Waals surface area contributed by atoms with E-state index in [1.807, 2.05) is 0 Å². The molecule has 0 saturated heterocycles. The van der Waals surface area contributed by atoms with E-state index >= 15 is 0 Å². The summed E-state index contributed by atoms with van der Waals surface area (Å²) in [5, 5.41) is 14.8. The monoisotopic (exact) mass is 552 g/mol. The second-order valence-electron chi connectivity index (χ2n) is 8.64. The molecule has 2 atom stereocenters. The van der Waals surface area contributed by atoms with Crippen molar-refractivity contribution in [1.82, 2.24) is 5.32 Å². The summed E-state index contributed by atoms with van der Waals surface area (Å²) in [4.78, 5) is 49.0. The predicted molar refractivity (Wildman–Crippen MR) is 144 cm³/mol. The van der Waals surface area contributed by atoms with Crippen LogP contribution in [-0.4, -0.2) is 41.5 Å². The van der Waals surface area contributed by atoms with Gasteiger partial charge in [0.25, 0.3) is 11.8 Å². The van der Waals surface area contributed by atoms with Gasteiger partial charge in [0.1, 0.15) is 5.54 Å². The van der Waals surface area contributed by atoms with Crippen LogP contribution in [0.4, 0.5) is 5.69 Å². The number of nitrogens with one attached hydrogen (secondary N) is 2. The lowest BCUT2D eigenvalue weighted by atomic mass is 10.0. The van der Waals surface area contributed by atoms with Crippen molar-refractivity contribution in [2.45, 2.75) is 17.9 Å². The highest BCUT2D eigenvalue weighted by Gasteiger charge is 2.63. The molecule has 194 valence electrons. The molecule has 0 spiro atoms. The summed E-state index contributed by atoms with van der Waals surface area (Å²) in [7, 11) is 1.26. The SMILES string of the molecule is COC(=O)C1(NC(=O)c2ccc(/C=C/C(=O)O)cc2)CC1c1ccc(NC(=O)c2c(Cl)cccc2Cl)cc1. The lowest BCUT2D eigenvalue weighted by Crippen LogP contribution is -2.45. The van der Waals surface area contributed by atoms with E-state index in [0.717, 1.165) is 11.6 Å². The quantitative estimate of drug-likeness (QED) is 0.261. The molecule has 1 aliphatic carbocycles. The zero-order valence-electron chi connectivity index (χ0n) is 20.0. The van der Waals surface area contributed by atoms with Gasteiger partial charge in [-0.05, 0) is 60.0 Å². The Labute approximate surface area is 228 Å². The number of carboxylic acid groups (broad SMARTS) is 1. The van der Waals surface area contributed by atoms with Crippen LogP contribution in [0.3, 0.4) is 0 Å². The molecule has 0 aromatic heterocycles. The van der Waals surface area contributed by atoms with Gasteiger partial charge < -0.3 is 20.5 Å². The van der Waals surface area contributed by atoms with E-state index in [4.69, 9.17) is 33.0 Å². The van der Waals surface area contributed by atoms with Gasteiger partial charge in [-0.25, -0.2) is 9.59 Å². The zero-order chi connectivity index (χ0) is 27.4. The summed E-state index contributed by atoms with van der Waals surface area (Å²) in [5.41, 5.74) is 1.13. The number of ether oxygens (including phenoxy) is 1. The minimum Gasteiger partial charge on any atom is -0.478 e. The lowest BCUT2D eigenvalue weighted by molar-refractivity contribution is -0.144. The highest BCUT2D eigenvalue weighted by Crippen LogP contribution is 2.52. The first-order valence-corrected chi connectivity index (χ1v) is 12.2. The Morgan fingerprint density at radius 2 is 1.58 bits per heavy atom. The average molecular weight is 553 g/mol. The third-order valence-corrected chi connectivity index (χ3v) is 6.83. The summed E-state index contributed by atoms with van der Waals surface area (Å²) in [6, 6.07) is 18.0. The fourth-order valence-electron chi connectivity index (χ4n) is 4.16. The number of carbonyl (C=O) groups excluding carboxylic acids is 3. The number of hydrogen-bond donors (Lipinski definition) is 3. The van der Waals surface area contributed by atoms with Crippen LogP contribution in [0.2, 0.25) is 10.0 Å². The van der Waals surface area contributed by atoms with Crippen LogP contribution in [0.5, 0.6) is 0 Å². The maximum absolute atomic E-state index is 12.9. The summed E-state index contributed by atoms with van der Waals surface area (Å²) in [6.45, 7) is 0. The number of methoxy groups -OCH3 is 1. The van der Waals surface area contributed by atoms with Gasteiger partial charge in [0, 0.05) is 23.2 Å². The number of amides is 2. The normalized spacial score (nSPS) is 18.0. The third kappa shape index (κ3) is 5.72. The van der Waals surface area contributed by atoms with Gasteiger partial charge in [-0.1, -0.05) is 53.5 Å². The second kappa shape index (κ2) is 11.1. The highest BCUT2D eigenvalue weighted by atomic mass is 35.5. The van der Waals surface area contributed by atoms with E-state index in [1.54, 1.807) is 66.7 Å². The molecule has 0 bridgehead atoms. The van der Waals surface area contributed by atoms with Gasteiger partial charge in [-0.2, -0.15) is 0 Å². The molecule has 1 saturated carbocycles. The number of benzene rings is 3. The predicted octanol–water partition coefficient (Wildman–Crippen LogP) is 5.17. The standard InChI is InChI=1S/C28H22Cl2N2O6/c1-38-27(37)28(32-25(35)18-8-5-16(6-9-18)7-14-23(33)34)15-20(28)17-10-12-19(13-11-17)31-26(36)24-21(29)3-2-4-22(24)30/h2-14,20H,15H2,1H3,(H,31,36)(H,32,35)(H,33,34)/b14-7+. The molecule has 0 heterocycles. The molecule has 4 rings (SSSR count). The van der Waals surface area contributed by atoms with Gasteiger partial charge in [0.2, 0.25) is 0 Å². The van der Waals surface area contributed by atoms with Crippen LogP contribution in [0.15, 0.2) is 72.8 Å². The Bertz CT molecular complexity index is 1420. The van der Waals surface area contributed by atoms with Crippen LogP contribution in [0.1, 0.15) is 44.2 Å². The third-order valence-electron chi connectivity index (χ3n) is 6.20. The van der Waals surface area contributed by atoms with Crippen molar-refractivity contribution in [3.8, 4) is 0 Å². The largest absolute Gasteiger partial charge is 0.478 e. The first kappa shape index (κ1) is 26.9. The summed E-state index contributed by atoms with van der Waals surface area (Å²) in [6.07, 6.45) is 2.75. The van der Waals surface area contributed by atoms with Gasteiger partial charge >= 0.3 is 11.9 Å². The molecule has 38 heavy (non-hydrogen) atoms. The molecule has 0 aliphatic heterocycles. The van der Waals surface area contributed by atoms with Crippen LogP contribution >= 0.6 is 23.2 Å². The molecule has 10 heteroatoms. The lowest BCUT2D eigenvalue weighted by Gasteiger charge is -2.18. The Morgan fingerprint density at radius 1 is 0.947 bits per heavy atom. The smallest absolute Gasteiger partial charge is 0.332 e. The molecule has 8 nitrogen and oxygen atoms in total. The van der Waals surface area contributed by atoms with E-state index < -0.39 is 29.3 Å². The van der Waals surface area contributed by atoms with E-state index in [0.29, 0.717) is 23.2 Å². The van der Waals surface area contributed by atoms with Gasteiger partial charge in [0.05, 0.1) is 22.7 Å². The van der Waals surface area contributed by atoms with Crippen LogP contribution < -0.4 is 10.6 Å². The van der Waals surface area contributed by atoms with E-state index in [2.05, 4.69) is 10.6 Å². The topological polar surface area (TPSA) is 122 Å². The number of halogens is 2. The first-order chi connectivity index (χ1) is 18.1. The fourth-order valence-corrected chi connectivity index (χ4v) is 4.73. The fraction of sp³-hybridized carbons (Fsp3) is 0.143. The maximum Gasteiger partial charge on any atom is 0.332 e. The van der Waals surface area contributed by atoms with Crippen molar-refractivity contribution < 1.29 is 29.0 Å². The second-order valence-corrected chi connectivity index (χ2v) is 9.45. The molecular weight excluding hydrogens is 531 g/mol. The minimum absolute atomic E-state index is 0.167. The Morgan fingerprint density at radius 3 is 2.16 bits per heavy atom. The number of aliphatic carboxylic acids is 1. The Balaban J connectivity index is 1.46. The number of anilines is 1. The maximum atomic E-state index is 12.9. The van der Waals surface area contributed by atoms with Gasteiger partial charge in [0.15, 0.2) is 0 Å². The molecule has 3 N–H and O–H groups in total. The molecule has 2 amide bonds. The first-order valence-electron chi connectivity index (χ1n) is 11.4. The van der Waals surface area contributed by atoms with E-state index in [-0.39, 0.29) is 21.5 Å². The Kier molecular flexibility index (Phi) is 7.85. The summed E-state index contributed by atoms with van der Waals surface area (Å²) in [5.74, 6) is -2.90. The molecule has 1 fully saturated rings. The van der Waals surface area contributed by atoms with Crippen molar-refractivity contribution in [3.05, 3.63) is 105 Å². The highest BCUT2D eigenvalue weighted by molar-refractivity contribution is 6.40. The average Bonchev–Trinajstić information content (AvgIpc) is 3.62. The molecular formula is C28H22Cl2N2O6. The van der Waals surface area contributed by atoms with E-state index in [9.17, 15) is 19.2 Å². The molecule has 2 unspecified atom stereocenters. The Hall–Kier alpha value is -4.14. The summed E-state index contributed by atoms with van der Waals surface area (Å²) >= 11 is 12.2. The van der Waals surface area contributed by atoms with Crippen LogP contribution in [0.25, 0.3) is 6.08 Å². The number of esters is 1. The van der Waals surface area contributed by atoms with Crippen molar-refractivity contribution in [2.75, 3.05) is 12.4 Å². The van der Waals surface area contributed by atoms with Gasteiger partial charge in [-0.15, -0.1) is 0 Å². The number of carbonyl (C=O) groups is 4. The number of hydrogen-bond acceptors (Lipinski definition) is 5. The van der Waals surface area contributed by atoms with Crippen molar-refractivity contribution in [1.29, 1.82) is 0 Å². The van der Waals surface area contributed by atoms with Crippen LogP contribution in [-0.2, 0) is 14.3 Å². The molecule has 1 aliphatic rings. The summed E-state index contributed by atoms with van der Waals surface area (Å²) < 4.78 is 4.99. The molecule has 0 radical (unpaired) electrons. The van der Waals surface area contributed by atoms with Crippen molar-refractivity contribution in [3.63, 3.8) is 0 Å². The van der Waals surface area contributed by atoms with Gasteiger partial charge in [-0.3, -0.25) is 9.59 Å². The van der Waals surface area contributed by atoms with Crippen molar-refractivity contribution >= 4 is 58.7 Å². The molecule has 3 aromatic carbocycles.